The topological polar surface area (TPSA) is 94.6 Å². The van der Waals surface area contributed by atoms with Gasteiger partial charge in [-0.1, -0.05) is 26.2 Å². The van der Waals surface area contributed by atoms with E-state index in [1.165, 1.54) is 32.1 Å². The third kappa shape index (κ3) is 8.90. The van der Waals surface area contributed by atoms with Crippen molar-refractivity contribution in [1.82, 2.24) is 14.7 Å². The molecule has 3 atom stereocenters. The molecule has 0 radical (unpaired) electrons. The zero-order valence-electron chi connectivity index (χ0n) is 24.8. The van der Waals surface area contributed by atoms with Crippen LogP contribution in [0.2, 0.25) is 0 Å². The Hall–Kier alpha value is -2.20. The molecule has 9 heteroatoms. The van der Waals surface area contributed by atoms with Gasteiger partial charge in [-0.15, -0.1) is 0 Å². The van der Waals surface area contributed by atoms with Gasteiger partial charge in [-0.25, -0.2) is 0 Å². The van der Waals surface area contributed by atoms with Gasteiger partial charge in [0.25, 0.3) is 0 Å². The number of anilines is 1. The van der Waals surface area contributed by atoms with Crippen LogP contribution in [0.5, 0.6) is 5.75 Å². The van der Waals surface area contributed by atoms with Crippen LogP contribution in [-0.4, -0.2) is 110 Å². The van der Waals surface area contributed by atoms with Crippen LogP contribution in [0, 0.1) is 11.8 Å². The number of likely N-dealkylation sites (N-methyl/N-ethyl adjacent to an activating group) is 1. The molecule has 2 heterocycles. The number of benzene rings is 1. The van der Waals surface area contributed by atoms with Crippen molar-refractivity contribution in [1.29, 1.82) is 0 Å². The Labute approximate surface area is 240 Å². The first-order chi connectivity index (χ1) is 19.3. The first-order valence-electron chi connectivity index (χ1n) is 15.3. The van der Waals surface area contributed by atoms with Crippen LogP contribution >= 0.6 is 0 Å². The lowest BCUT2D eigenvalue weighted by Crippen LogP contribution is -2.48. The van der Waals surface area contributed by atoms with Crippen molar-refractivity contribution in [3.05, 3.63) is 23.8 Å². The normalized spacial score (nSPS) is 24.0. The number of nitrogens with zero attached hydrogens (tertiary/aromatic N) is 3. The Kier molecular flexibility index (Phi) is 11.6. The summed E-state index contributed by atoms with van der Waals surface area (Å²) in [6.07, 6.45) is 7.05. The second-order valence-corrected chi connectivity index (χ2v) is 12.2. The molecule has 3 aliphatic rings. The minimum atomic E-state index is -0.278. The van der Waals surface area contributed by atoms with Gasteiger partial charge in [-0.05, 0) is 50.9 Å². The maximum atomic E-state index is 13.5. The third-order valence-electron chi connectivity index (χ3n) is 8.75. The summed E-state index contributed by atoms with van der Waals surface area (Å²) in [6.45, 7) is 10.1. The van der Waals surface area contributed by atoms with Crippen LogP contribution in [0.4, 0.5) is 5.69 Å². The molecule has 9 nitrogen and oxygen atoms in total. The summed E-state index contributed by atoms with van der Waals surface area (Å²) in [7, 11) is 2.17. The lowest BCUT2D eigenvalue weighted by atomic mass is 9.89. The fourth-order valence-electron chi connectivity index (χ4n) is 6.23. The number of fused-ring (bicyclic) bond motifs is 1. The van der Waals surface area contributed by atoms with Crippen LogP contribution in [0.3, 0.4) is 0 Å². The van der Waals surface area contributed by atoms with Gasteiger partial charge in [0.05, 0.1) is 32.3 Å². The first-order valence-corrected chi connectivity index (χ1v) is 15.3. The molecule has 1 saturated carbocycles. The van der Waals surface area contributed by atoms with Gasteiger partial charge in [0.1, 0.15) is 11.9 Å². The highest BCUT2D eigenvalue weighted by Crippen LogP contribution is 2.30. The van der Waals surface area contributed by atoms with Gasteiger partial charge >= 0.3 is 0 Å². The van der Waals surface area contributed by atoms with E-state index < -0.39 is 0 Å². The number of hydrogen-bond acceptors (Lipinski definition) is 7. The first kappa shape index (κ1) is 30.8. The zero-order valence-corrected chi connectivity index (χ0v) is 24.8. The van der Waals surface area contributed by atoms with E-state index in [0.29, 0.717) is 44.2 Å². The van der Waals surface area contributed by atoms with Crippen LogP contribution in [-0.2, 0) is 20.7 Å². The largest absolute Gasteiger partial charge is 0.488 e. The minimum Gasteiger partial charge on any atom is -0.488 e. The molecule has 0 bridgehead atoms. The summed E-state index contributed by atoms with van der Waals surface area (Å²) < 4.78 is 12.1. The maximum Gasteiger partial charge on any atom is 0.227 e. The third-order valence-corrected chi connectivity index (χ3v) is 8.75. The number of rotatable bonds is 10. The highest BCUT2D eigenvalue weighted by atomic mass is 16.5. The van der Waals surface area contributed by atoms with E-state index >= 15 is 0 Å². The van der Waals surface area contributed by atoms with Gasteiger partial charge in [-0.3, -0.25) is 14.5 Å². The van der Waals surface area contributed by atoms with E-state index in [-0.39, 0.29) is 42.9 Å². The molecule has 0 unspecified atom stereocenters. The average Bonchev–Trinajstić information content (AvgIpc) is 3.00. The summed E-state index contributed by atoms with van der Waals surface area (Å²) in [5.41, 5.74) is 1.43. The fourth-order valence-corrected chi connectivity index (χ4v) is 6.23. The van der Waals surface area contributed by atoms with E-state index in [9.17, 15) is 14.7 Å². The number of carbonyl (C=O) groups excluding carboxylic acids is 2. The molecule has 2 aliphatic heterocycles. The van der Waals surface area contributed by atoms with Gasteiger partial charge in [0, 0.05) is 62.9 Å². The molecule has 40 heavy (non-hydrogen) atoms. The molecular formula is C31H50N4O5. The number of aliphatic hydroxyl groups is 1. The van der Waals surface area contributed by atoms with Crippen molar-refractivity contribution in [2.24, 2.45) is 11.8 Å². The number of carbonyl (C=O) groups is 2. The number of hydrogen-bond donors (Lipinski definition) is 2. The predicted molar refractivity (Wildman–Crippen MR) is 157 cm³/mol. The van der Waals surface area contributed by atoms with Crippen molar-refractivity contribution in [2.45, 2.75) is 70.9 Å². The van der Waals surface area contributed by atoms with Crippen molar-refractivity contribution in [3.63, 3.8) is 0 Å². The summed E-state index contributed by atoms with van der Waals surface area (Å²) in [4.78, 5) is 32.6. The summed E-state index contributed by atoms with van der Waals surface area (Å²) in [6, 6.07) is 5.36. The average molecular weight is 559 g/mol. The number of nitrogens with one attached hydrogen (secondary N) is 1. The van der Waals surface area contributed by atoms with Gasteiger partial charge in [0.15, 0.2) is 0 Å². The molecule has 0 aromatic heterocycles. The molecule has 1 saturated heterocycles. The van der Waals surface area contributed by atoms with Crippen molar-refractivity contribution in [2.75, 3.05) is 71.5 Å². The predicted octanol–water partition coefficient (Wildman–Crippen LogP) is 3.01. The van der Waals surface area contributed by atoms with Crippen molar-refractivity contribution in [3.8, 4) is 5.75 Å². The Morgan fingerprint density at radius 2 is 1.93 bits per heavy atom. The number of morpholine rings is 1. The monoisotopic (exact) mass is 558 g/mol. The van der Waals surface area contributed by atoms with Gasteiger partial charge in [-0.2, -0.15) is 0 Å². The SMILES string of the molecule is C[C@H](CO)N1C[C@H](C)[C@@H](CN(C)CC2CCCCC2)Oc2ccc(NC(=O)CCN3CCOCC3)cc2CC1=O. The number of ether oxygens (including phenoxy) is 2. The zero-order chi connectivity index (χ0) is 28.5. The standard InChI is InChI=1S/C31H50N4O5/c1-23-19-35(24(2)22-36)31(38)18-26-17-27(32-30(37)11-12-34-13-15-39-16-14-34)9-10-28(26)40-29(23)21-33(3)20-25-7-5-4-6-8-25/h9-10,17,23-25,29,36H,4-8,11-16,18-22H2,1-3H3,(H,32,37)/t23-,24+,29+/m0/s1. The van der Waals surface area contributed by atoms with Crippen LogP contribution < -0.4 is 10.1 Å². The smallest absolute Gasteiger partial charge is 0.227 e. The molecule has 4 rings (SSSR count). The minimum absolute atomic E-state index is 0.0368. The van der Waals surface area contributed by atoms with Crippen LogP contribution in [0.25, 0.3) is 0 Å². The molecule has 1 aromatic carbocycles. The molecule has 0 spiro atoms. The summed E-state index contributed by atoms with van der Waals surface area (Å²) >= 11 is 0. The van der Waals surface area contributed by atoms with Gasteiger partial charge < -0.3 is 29.7 Å². The lowest BCUT2D eigenvalue weighted by Gasteiger charge is -2.35. The maximum absolute atomic E-state index is 13.5. The van der Waals surface area contributed by atoms with Crippen LogP contribution in [0.1, 0.15) is 57.9 Å². The highest BCUT2D eigenvalue weighted by molar-refractivity contribution is 5.91. The Morgan fingerprint density at radius 3 is 2.65 bits per heavy atom. The molecule has 1 aromatic rings. The highest BCUT2D eigenvalue weighted by Gasteiger charge is 2.31. The fraction of sp³-hybridized carbons (Fsp3) is 0.742. The van der Waals surface area contributed by atoms with E-state index in [2.05, 4.69) is 29.1 Å². The van der Waals surface area contributed by atoms with E-state index in [1.54, 1.807) is 4.90 Å². The summed E-state index contributed by atoms with van der Waals surface area (Å²) in [5, 5.41) is 12.9. The van der Waals surface area contributed by atoms with Crippen molar-refractivity contribution < 1.29 is 24.2 Å². The Morgan fingerprint density at radius 1 is 1.18 bits per heavy atom. The summed E-state index contributed by atoms with van der Waals surface area (Å²) in [5.74, 6) is 1.43. The molecule has 1 aliphatic carbocycles. The number of aliphatic hydroxyl groups excluding tert-OH is 1. The second kappa shape index (κ2) is 15.1. The molecule has 224 valence electrons. The Bertz CT molecular complexity index is 963. The quantitative estimate of drug-likeness (QED) is 0.456. The molecule has 2 N–H and O–H groups in total. The number of amides is 2. The molecule has 2 fully saturated rings. The molecular weight excluding hydrogens is 508 g/mol. The molecule has 2 amide bonds. The van der Waals surface area contributed by atoms with Gasteiger partial charge in [0.2, 0.25) is 11.8 Å². The van der Waals surface area contributed by atoms with E-state index in [1.807, 2.05) is 25.1 Å². The van der Waals surface area contributed by atoms with E-state index in [0.717, 1.165) is 37.7 Å². The second-order valence-electron chi connectivity index (χ2n) is 12.2. The lowest BCUT2D eigenvalue weighted by molar-refractivity contribution is -0.134. The van der Waals surface area contributed by atoms with Crippen LogP contribution in [0.15, 0.2) is 18.2 Å². The van der Waals surface area contributed by atoms with Crippen molar-refractivity contribution >= 4 is 17.5 Å². The van der Waals surface area contributed by atoms with E-state index in [4.69, 9.17) is 9.47 Å². The Balaban J connectivity index is 1.47.